The molecule has 0 bridgehead atoms. The number of rotatable bonds is 4. The fourth-order valence-electron chi connectivity index (χ4n) is 1.84. The average molecular weight is 333 g/mol. The van der Waals surface area contributed by atoms with Crippen molar-refractivity contribution in [2.75, 3.05) is 5.32 Å². The van der Waals surface area contributed by atoms with Crippen molar-refractivity contribution in [3.05, 3.63) is 64.1 Å². The van der Waals surface area contributed by atoms with Gasteiger partial charge in [-0.05, 0) is 35.9 Å². The molecule has 0 spiro atoms. The fraction of sp³-hybridized carbons (Fsp3) is 0.0625. The minimum Gasteiger partial charge on any atom is -0.319 e. The molecule has 1 atom stereocenters. The number of carbonyl (C=O) groups is 2. The van der Waals surface area contributed by atoms with Gasteiger partial charge in [0.1, 0.15) is 5.92 Å². The van der Waals surface area contributed by atoms with Gasteiger partial charge in [-0.2, -0.15) is 5.26 Å². The molecular weight excluding hydrogens is 323 g/mol. The second-order valence-electron chi connectivity index (χ2n) is 4.41. The van der Waals surface area contributed by atoms with Gasteiger partial charge in [0.2, 0.25) is 5.78 Å². The zero-order valence-electron chi connectivity index (χ0n) is 11.2. The Kier molecular flexibility index (Phi) is 5.16. The quantitative estimate of drug-likeness (QED) is 0.865. The number of hydrogen-bond acceptors (Lipinski definition) is 3. The van der Waals surface area contributed by atoms with Gasteiger partial charge in [0.15, 0.2) is 0 Å². The Bertz CT molecular complexity index is 751. The summed E-state index contributed by atoms with van der Waals surface area (Å²) >= 11 is 11.7. The normalized spacial score (nSPS) is 11.3. The number of nitrogens with zero attached hydrogens (tertiary/aromatic N) is 1. The number of Topliss-reactive ketones (excluding diaryl/α,β-unsaturated/α-hetero) is 1. The molecule has 0 fully saturated rings. The Morgan fingerprint density at radius 1 is 1.05 bits per heavy atom. The molecule has 0 heterocycles. The van der Waals surface area contributed by atoms with Crippen molar-refractivity contribution in [1.29, 1.82) is 5.26 Å². The molecule has 2 rings (SSSR count). The standard InChI is InChI=1S/C16H10Cl2N2O2/c17-10-5-7-11(8-6-10)20-16(22)15(21)13(9-19)12-3-1-2-4-14(12)18/h1-8,13H,(H,20,22)/t13-/m0/s1. The molecule has 1 amide bonds. The number of halogens is 2. The summed E-state index contributed by atoms with van der Waals surface area (Å²) in [5.41, 5.74) is 0.724. The van der Waals surface area contributed by atoms with Crippen LogP contribution in [0.4, 0.5) is 5.69 Å². The Hall–Kier alpha value is -2.35. The molecule has 0 aliphatic rings. The molecule has 2 aromatic carbocycles. The van der Waals surface area contributed by atoms with Gasteiger partial charge in [0, 0.05) is 15.7 Å². The summed E-state index contributed by atoms with van der Waals surface area (Å²) in [5.74, 6) is -3.00. The molecule has 22 heavy (non-hydrogen) atoms. The van der Waals surface area contributed by atoms with Crippen LogP contribution in [0.5, 0.6) is 0 Å². The van der Waals surface area contributed by atoms with E-state index in [1.807, 2.05) is 6.07 Å². The number of nitriles is 1. The van der Waals surface area contributed by atoms with Crippen molar-refractivity contribution in [2.24, 2.45) is 0 Å². The number of benzene rings is 2. The first kappa shape index (κ1) is 16.0. The molecule has 6 heteroatoms. The summed E-state index contributed by atoms with van der Waals surface area (Å²) in [5, 5.41) is 12.4. The fourth-order valence-corrected chi connectivity index (χ4v) is 2.21. The summed E-state index contributed by atoms with van der Waals surface area (Å²) in [6.07, 6.45) is 0. The van der Waals surface area contributed by atoms with Crippen LogP contribution in [0.2, 0.25) is 10.0 Å². The summed E-state index contributed by atoms with van der Waals surface area (Å²) in [4.78, 5) is 24.2. The third-order valence-corrected chi connectivity index (χ3v) is 3.53. The van der Waals surface area contributed by atoms with E-state index in [4.69, 9.17) is 23.2 Å². The molecule has 0 unspecified atom stereocenters. The molecule has 1 N–H and O–H groups in total. The van der Waals surface area contributed by atoms with Gasteiger partial charge in [-0.25, -0.2) is 0 Å². The van der Waals surface area contributed by atoms with E-state index in [-0.39, 0.29) is 5.02 Å². The van der Waals surface area contributed by atoms with E-state index in [9.17, 15) is 14.9 Å². The first-order valence-electron chi connectivity index (χ1n) is 6.27. The summed E-state index contributed by atoms with van der Waals surface area (Å²) in [7, 11) is 0. The molecule has 0 aliphatic carbocycles. The number of hydrogen-bond donors (Lipinski definition) is 1. The SMILES string of the molecule is N#C[C@H](C(=O)C(=O)Nc1ccc(Cl)cc1)c1ccccc1Cl. The maximum Gasteiger partial charge on any atom is 0.293 e. The lowest BCUT2D eigenvalue weighted by atomic mass is 9.95. The second-order valence-corrected chi connectivity index (χ2v) is 5.25. The van der Waals surface area contributed by atoms with E-state index in [1.165, 1.54) is 0 Å². The van der Waals surface area contributed by atoms with Crippen LogP contribution in [0.3, 0.4) is 0 Å². The van der Waals surface area contributed by atoms with E-state index >= 15 is 0 Å². The highest BCUT2D eigenvalue weighted by atomic mass is 35.5. The van der Waals surface area contributed by atoms with Crippen LogP contribution in [0.25, 0.3) is 0 Å². The Labute approximate surface area is 137 Å². The topological polar surface area (TPSA) is 70.0 Å². The summed E-state index contributed by atoms with van der Waals surface area (Å²) in [6, 6.07) is 14.5. The van der Waals surface area contributed by atoms with E-state index in [0.29, 0.717) is 16.3 Å². The van der Waals surface area contributed by atoms with Gasteiger partial charge in [0.25, 0.3) is 5.91 Å². The maximum absolute atomic E-state index is 12.2. The van der Waals surface area contributed by atoms with Crippen molar-refractivity contribution in [3.8, 4) is 6.07 Å². The van der Waals surface area contributed by atoms with E-state index < -0.39 is 17.6 Å². The zero-order valence-corrected chi connectivity index (χ0v) is 12.7. The van der Waals surface area contributed by atoms with Gasteiger partial charge >= 0.3 is 0 Å². The highest BCUT2D eigenvalue weighted by molar-refractivity contribution is 6.43. The zero-order chi connectivity index (χ0) is 16.1. The number of carbonyl (C=O) groups excluding carboxylic acids is 2. The maximum atomic E-state index is 12.2. The van der Waals surface area contributed by atoms with Gasteiger partial charge in [-0.3, -0.25) is 9.59 Å². The highest BCUT2D eigenvalue weighted by Crippen LogP contribution is 2.25. The molecule has 2 aromatic rings. The summed E-state index contributed by atoms with van der Waals surface area (Å²) < 4.78 is 0. The lowest BCUT2D eigenvalue weighted by Gasteiger charge is -2.10. The molecule has 0 radical (unpaired) electrons. The highest BCUT2D eigenvalue weighted by Gasteiger charge is 2.28. The van der Waals surface area contributed by atoms with Gasteiger partial charge in [-0.15, -0.1) is 0 Å². The number of anilines is 1. The summed E-state index contributed by atoms with van der Waals surface area (Å²) in [6.45, 7) is 0. The number of nitrogens with one attached hydrogen (secondary N) is 1. The first-order chi connectivity index (χ1) is 10.5. The van der Waals surface area contributed by atoms with E-state index in [1.54, 1.807) is 48.5 Å². The van der Waals surface area contributed by atoms with Crippen LogP contribution in [0.15, 0.2) is 48.5 Å². The Morgan fingerprint density at radius 3 is 2.27 bits per heavy atom. The van der Waals surface area contributed by atoms with E-state index in [2.05, 4.69) is 5.32 Å². The van der Waals surface area contributed by atoms with Gasteiger partial charge in [-0.1, -0.05) is 41.4 Å². The third-order valence-electron chi connectivity index (χ3n) is 2.93. The van der Waals surface area contributed by atoms with Crippen LogP contribution in [-0.4, -0.2) is 11.7 Å². The molecule has 4 nitrogen and oxygen atoms in total. The number of ketones is 1. The van der Waals surface area contributed by atoms with Crippen LogP contribution in [-0.2, 0) is 9.59 Å². The van der Waals surface area contributed by atoms with Crippen molar-refractivity contribution in [1.82, 2.24) is 0 Å². The molecule has 110 valence electrons. The van der Waals surface area contributed by atoms with Crippen LogP contribution >= 0.6 is 23.2 Å². The minimum absolute atomic E-state index is 0.265. The van der Waals surface area contributed by atoms with Gasteiger partial charge in [0.05, 0.1) is 6.07 Å². The third kappa shape index (κ3) is 3.64. The monoisotopic (exact) mass is 332 g/mol. The number of amides is 1. The Balaban J connectivity index is 2.18. The average Bonchev–Trinajstić information content (AvgIpc) is 2.52. The van der Waals surface area contributed by atoms with Crippen molar-refractivity contribution < 1.29 is 9.59 Å². The lowest BCUT2D eigenvalue weighted by Crippen LogP contribution is -2.27. The van der Waals surface area contributed by atoms with Crippen LogP contribution in [0.1, 0.15) is 11.5 Å². The first-order valence-corrected chi connectivity index (χ1v) is 7.03. The molecule has 0 saturated carbocycles. The van der Waals surface area contributed by atoms with Gasteiger partial charge < -0.3 is 5.32 Å². The van der Waals surface area contributed by atoms with Crippen molar-refractivity contribution >= 4 is 40.6 Å². The van der Waals surface area contributed by atoms with Crippen molar-refractivity contribution in [3.63, 3.8) is 0 Å². The predicted octanol–water partition coefficient (Wildman–Crippen LogP) is 3.81. The predicted molar refractivity (Wildman–Crippen MR) is 84.9 cm³/mol. The second kappa shape index (κ2) is 7.08. The van der Waals surface area contributed by atoms with Crippen molar-refractivity contribution in [2.45, 2.75) is 5.92 Å². The minimum atomic E-state index is -1.25. The van der Waals surface area contributed by atoms with E-state index in [0.717, 1.165) is 0 Å². The lowest BCUT2D eigenvalue weighted by molar-refractivity contribution is -0.135. The largest absolute Gasteiger partial charge is 0.319 e. The molecule has 0 aliphatic heterocycles. The Morgan fingerprint density at radius 2 is 1.68 bits per heavy atom. The van der Waals surface area contributed by atoms with Crippen LogP contribution < -0.4 is 5.32 Å². The smallest absolute Gasteiger partial charge is 0.293 e. The van der Waals surface area contributed by atoms with Crippen LogP contribution in [0, 0.1) is 11.3 Å². The molecular formula is C16H10Cl2N2O2. The molecule has 0 aromatic heterocycles. The molecule has 0 saturated heterocycles.